The first-order chi connectivity index (χ1) is 12.6. The third kappa shape index (κ3) is 5.68. The second-order valence-electron chi connectivity index (χ2n) is 6.31. The Morgan fingerprint density at radius 2 is 1.63 bits per heavy atom. The van der Waals surface area contributed by atoms with E-state index in [1.807, 2.05) is 13.8 Å². The van der Waals surface area contributed by atoms with Crippen LogP contribution in [0.4, 0.5) is 4.39 Å². The molecule has 1 atom stereocenters. The van der Waals surface area contributed by atoms with E-state index in [0.717, 1.165) is 29.8 Å². The van der Waals surface area contributed by atoms with Gasteiger partial charge in [-0.2, -0.15) is 8.42 Å². The van der Waals surface area contributed by atoms with Crippen molar-refractivity contribution >= 4 is 27.6 Å². The molecule has 2 rings (SSSR count). The van der Waals surface area contributed by atoms with Crippen LogP contribution in [-0.4, -0.2) is 30.6 Å². The van der Waals surface area contributed by atoms with Crippen LogP contribution in [0, 0.1) is 5.82 Å². The molecule has 0 aliphatic carbocycles. The van der Waals surface area contributed by atoms with Gasteiger partial charge in [0.15, 0.2) is 0 Å². The smallest absolute Gasteiger partial charge is 0.339 e. The Morgan fingerprint density at radius 1 is 1.07 bits per heavy atom. The minimum absolute atomic E-state index is 0.0338. The average Bonchev–Trinajstić information content (AvgIpc) is 2.60. The molecule has 0 heterocycles. The number of alkyl halides is 1. The molecule has 0 aromatic heterocycles. The molecule has 0 radical (unpaired) electrons. The predicted octanol–water partition coefficient (Wildman–Crippen LogP) is 3.96. The highest BCUT2D eigenvalue weighted by Crippen LogP contribution is 2.21. The SMILES string of the molecule is CC(C)N(Cc1ccc(OS(=O)(=O)c2ccc(F)cc2)cc1)C(=O)[C@@H](C)Cl. The van der Waals surface area contributed by atoms with Crippen molar-refractivity contribution in [3.05, 3.63) is 59.9 Å². The van der Waals surface area contributed by atoms with Crippen LogP contribution >= 0.6 is 11.6 Å². The number of nitrogens with zero attached hydrogens (tertiary/aromatic N) is 1. The molecule has 0 saturated carbocycles. The summed E-state index contributed by atoms with van der Waals surface area (Å²) >= 11 is 5.90. The molecule has 0 aliphatic heterocycles. The Labute approximate surface area is 163 Å². The van der Waals surface area contributed by atoms with Crippen LogP contribution < -0.4 is 4.18 Å². The number of hydrogen-bond acceptors (Lipinski definition) is 4. The first-order valence-corrected chi connectivity index (χ1v) is 10.2. The summed E-state index contributed by atoms with van der Waals surface area (Å²) in [6.45, 7) is 5.75. The molecule has 5 nitrogen and oxygen atoms in total. The lowest BCUT2D eigenvalue weighted by atomic mass is 10.1. The standard InChI is InChI=1S/C19H21ClFNO4S/c1-13(2)22(19(23)14(3)20)12-15-4-8-17(9-5-15)26-27(24,25)18-10-6-16(21)7-11-18/h4-11,13-14H,12H2,1-3H3/t14-/m1/s1. The number of hydrogen-bond donors (Lipinski definition) is 0. The van der Waals surface area contributed by atoms with Gasteiger partial charge in [-0.15, -0.1) is 11.6 Å². The van der Waals surface area contributed by atoms with Crippen LogP contribution in [0.5, 0.6) is 5.75 Å². The second-order valence-corrected chi connectivity index (χ2v) is 8.51. The third-order valence-corrected chi connectivity index (χ3v) is 5.28. The van der Waals surface area contributed by atoms with Crippen molar-refractivity contribution in [3.8, 4) is 5.75 Å². The normalized spacial score (nSPS) is 12.7. The molecule has 0 spiro atoms. The Kier molecular flexibility index (Phi) is 6.84. The van der Waals surface area contributed by atoms with Gasteiger partial charge in [0.2, 0.25) is 5.91 Å². The lowest BCUT2D eigenvalue weighted by Crippen LogP contribution is -2.40. The van der Waals surface area contributed by atoms with Crippen LogP contribution in [0.3, 0.4) is 0 Å². The zero-order valence-electron chi connectivity index (χ0n) is 15.2. The van der Waals surface area contributed by atoms with E-state index in [1.165, 1.54) is 12.1 Å². The van der Waals surface area contributed by atoms with Gasteiger partial charge >= 0.3 is 10.1 Å². The van der Waals surface area contributed by atoms with Crippen molar-refractivity contribution in [1.82, 2.24) is 4.90 Å². The van der Waals surface area contributed by atoms with Gasteiger partial charge in [-0.25, -0.2) is 4.39 Å². The van der Waals surface area contributed by atoms with Crippen molar-refractivity contribution in [2.24, 2.45) is 0 Å². The van der Waals surface area contributed by atoms with Crippen molar-refractivity contribution in [1.29, 1.82) is 0 Å². The van der Waals surface area contributed by atoms with Gasteiger partial charge in [-0.05, 0) is 62.7 Å². The van der Waals surface area contributed by atoms with Crippen LogP contribution in [0.1, 0.15) is 26.3 Å². The van der Waals surface area contributed by atoms with E-state index >= 15 is 0 Å². The molecular formula is C19H21ClFNO4S. The summed E-state index contributed by atoms with van der Waals surface area (Å²) in [4.78, 5) is 13.7. The summed E-state index contributed by atoms with van der Waals surface area (Å²) in [6, 6.07) is 10.7. The Morgan fingerprint density at radius 3 is 2.11 bits per heavy atom. The second kappa shape index (κ2) is 8.71. The number of carbonyl (C=O) groups excluding carboxylic acids is 1. The minimum Gasteiger partial charge on any atom is -0.379 e. The summed E-state index contributed by atoms with van der Waals surface area (Å²) in [5, 5.41) is -0.629. The molecule has 8 heteroatoms. The van der Waals surface area contributed by atoms with E-state index in [9.17, 15) is 17.6 Å². The van der Waals surface area contributed by atoms with E-state index in [-0.39, 0.29) is 22.6 Å². The number of amides is 1. The Bertz CT molecular complexity index is 881. The van der Waals surface area contributed by atoms with Crippen molar-refractivity contribution in [2.75, 3.05) is 0 Å². The number of carbonyl (C=O) groups is 1. The molecule has 0 aliphatic rings. The Balaban J connectivity index is 2.12. The van der Waals surface area contributed by atoms with Crippen molar-refractivity contribution in [3.63, 3.8) is 0 Å². The van der Waals surface area contributed by atoms with Gasteiger partial charge in [0, 0.05) is 12.6 Å². The van der Waals surface area contributed by atoms with Gasteiger partial charge in [0.25, 0.3) is 0 Å². The highest BCUT2D eigenvalue weighted by molar-refractivity contribution is 7.87. The van der Waals surface area contributed by atoms with Crippen molar-refractivity contribution in [2.45, 2.75) is 43.6 Å². The molecule has 0 bridgehead atoms. The first kappa shape index (κ1) is 21.2. The van der Waals surface area contributed by atoms with Crippen LogP contribution in [0.2, 0.25) is 0 Å². The number of benzene rings is 2. The van der Waals surface area contributed by atoms with Gasteiger partial charge in [-0.1, -0.05) is 12.1 Å². The topological polar surface area (TPSA) is 63.7 Å². The van der Waals surface area contributed by atoms with E-state index in [0.29, 0.717) is 6.54 Å². The van der Waals surface area contributed by atoms with E-state index in [1.54, 1.807) is 24.0 Å². The highest BCUT2D eigenvalue weighted by atomic mass is 35.5. The summed E-state index contributed by atoms with van der Waals surface area (Å²) in [7, 11) is -4.05. The number of rotatable bonds is 7. The molecule has 27 heavy (non-hydrogen) atoms. The molecule has 0 saturated heterocycles. The number of halogens is 2. The van der Waals surface area contributed by atoms with Crippen molar-refractivity contribution < 1.29 is 21.8 Å². The monoisotopic (exact) mass is 413 g/mol. The zero-order chi connectivity index (χ0) is 20.2. The maximum absolute atomic E-state index is 12.9. The molecule has 2 aromatic carbocycles. The van der Waals surface area contributed by atoms with E-state index in [2.05, 4.69) is 0 Å². The maximum Gasteiger partial charge on any atom is 0.339 e. The quantitative estimate of drug-likeness (QED) is 0.509. The van der Waals surface area contributed by atoms with Gasteiger partial charge in [0.1, 0.15) is 21.8 Å². The molecule has 2 aromatic rings. The van der Waals surface area contributed by atoms with Crippen LogP contribution in [-0.2, 0) is 21.5 Å². The first-order valence-electron chi connectivity index (χ1n) is 8.33. The molecule has 0 N–H and O–H groups in total. The molecular weight excluding hydrogens is 393 g/mol. The largest absolute Gasteiger partial charge is 0.379 e. The minimum atomic E-state index is -4.05. The third-order valence-electron chi connectivity index (χ3n) is 3.83. The molecule has 0 unspecified atom stereocenters. The Hall–Kier alpha value is -2.12. The van der Waals surface area contributed by atoms with E-state index in [4.69, 9.17) is 15.8 Å². The van der Waals surface area contributed by atoms with Crippen LogP contribution in [0.25, 0.3) is 0 Å². The summed E-state index contributed by atoms with van der Waals surface area (Å²) in [5.41, 5.74) is 0.806. The molecule has 146 valence electrons. The lowest BCUT2D eigenvalue weighted by molar-refractivity contribution is -0.132. The van der Waals surface area contributed by atoms with Gasteiger partial charge in [0.05, 0.1) is 0 Å². The fourth-order valence-corrected chi connectivity index (χ4v) is 3.42. The molecule has 1 amide bonds. The van der Waals surface area contributed by atoms with Crippen LogP contribution in [0.15, 0.2) is 53.4 Å². The summed E-state index contributed by atoms with van der Waals surface area (Å²) in [6.07, 6.45) is 0. The fraction of sp³-hybridized carbons (Fsp3) is 0.316. The van der Waals surface area contributed by atoms with Gasteiger partial charge < -0.3 is 9.08 Å². The highest BCUT2D eigenvalue weighted by Gasteiger charge is 2.22. The zero-order valence-corrected chi connectivity index (χ0v) is 16.8. The fourth-order valence-electron chi connectivity index (χ4n) is 2.37. The summed E-state index contributed by atoms with van der Waals surface area (Å²) < 4.78 is 42.4. The van der Waals surface area contributed by atoms with E-state index < -0.39 is 21.3 Å². The molecule has 0 fully saturated rings. The average molecular weight is 414 g/mol. The summed E-state index contributed by atoms with van der Waals surface area (Å²) in [5.74, 6) is -0.587. The van der Waals surface area contributed by atoms with Gasteiger partial charge in [-0.3, -0.25) is 4.79 Å². The predicted molar refractivity (Wildman–Crippen MR) is 102 cm³/mol. The maximum atomic E-state index is 12.9. The lowest BCUT2D eigenvalue weighted by Gasteiger charge is -2.28.